The predicted molar refractivity (Wildman–Crippen MR) is 219 cm³/mol. The lowest BCUT2D eigenvalue weighted by Gasteiger charge is -2.27. The summed E-state index contributed by atoms with van der Waals surface area (Å²) in [6, 6.07) is -1.01. The first-order valence-corrected chi connectivity index (χ1v) is 21.9. The Hall–Kier alpha value is -1.47. The Bertz CT molecular complexity index is 812. The number of unbranched alkanes of at least 4 members (excludes halogenated alkanes) is 24. The van der Waals surface area contributed by atoms with Crippen LogP contribution in [-0.4, -0.2) is 57.3 Å². The zero-order valence-electron chi connectivity index (χ0n) is 33.6. The van der Waals surface area contributed by atoms with Crippen LogP contribution in [0.3, 0.4) is 0 Å². The maximum absolute atomic E-state index is 12.5. The van der Waals surface area contributed by atoms with Crippen LogP contribution in [-0.2, 0) is 4.79 Å². The monoisotopic (exact) mass is 720 g/mol. The minimum absolute atomic E-state index is 0.356. The molecule has 0 rings (SSSR count). The Morgan fingerprint density at radius 2 is 0.843 bits per heavy atom. The average molecular weight is 720 g/mol. The van der Waals surface area contributed by atoms with Gasteiger partial charge in [0.15, 0.2) is 0 Å². The molecule has 0 aromatic rings. The number of hydrogen-bond acceptors (Lipinski definition) is 5. The first-order chi connectivity index (χ1) is 25.0. The summed E-state index contributed by atoms with van der Waals surface area (Å²) >= 11 is 0. The van der Waals surface area contributed by atoms with Crippen molar-refractivity contribution in [3.63, 3.8) is 0 Å². The van der Waals surface area contributed by atoms with Gasteiger partial charge in [0.05, 0.1) is 18.8 Å². The van der Waals surface area contributed by atoms with Crippen LogP contribution < -0.4 is 5.32 Å². The second-order valence-corrected chi connectivity index (χ2v) is 15.0. The van der Waals surface area contributed by atoms with Crippen molar-refractivity contribution in [1.29, 1.82) is 0 Å². The van der Waals surface area contributed by atoms with Crippen molar-refractivity contribution >= 4 is 5.91 Å². The molecular weight excluding hydrogens is 634 g/mol. The van der Waals surface area contributed by atoms with Crippen LogP contribution >= 0.6 is 0 Å². The number of rotatable bonds is 39. The van der Waals surface area contributed by atoms with Crippen LogP contribution in [0.4, 0.5) is 0 Å². The van der Waals surface area contributed by atoms with E-state index in [1.54, 1.807) is 0 Å². The summed E-state index contributed by atoms with van der Waals surface area (Å²) < 4.78 is 0. The molecule has 0 bridgehead atoms. The van der Waals surface area contributed by atoms with E-state index in [2.05, 4.69) is 55.6 Å². The molecule has 6 nitrogen and oxygen atoms in total. The number of aliphatic hydroxyl groups excluding tert-OH is 4. The zero-order chi connectivity index (χ0) is 37.5. The van der Waals surface area contributed by atoms with Crippen molar-refractivity contribution in [2.75, 3.05) is 6.61 Å². The summed E-state index contributed by atoms with van der Waals surface area (Å²) in [6.45, 7) is 3.98. The molecule has 0 aliphatic carbocycles. The fraction of sp³-hybridized carbons (Fsp3) is 0.844. The van der Waals surface area contributed by atoms with Crippen molar-refractivity contribution < 1.29 is 25.2 Å². The molecule has 0 radical (unpaired) electrons. The number of amides is 1. The number of nitrogens with one attached hydrogen (secondary N) is 1. The highest BCUT2D eigenvalue weighted by atomic mass is 16.3. The van der Waals surface area contributed by atoms with Gasteiger partial charge in [0.1, 0.15) is 12.2 Å². The van der Waals surface area contributed by atoms with Crippen molar-refractivity contribution in [2.45, 2.75) is 237 Å². The Balaban J connectivity index is 3.71. The van der Waals surface area contributed by atoms with Gasteiger partial charge in [-0.2, -0.15) is 0 Å². The SMILES string of the molecule is CCCC/C=C/CC/C=C/CCCC(O)C(O)C(CO)NC(=O)C(O)CCCCCCCCCC/C=C\CCCCCCCCCCCCCC. The predicted octanol–water partition coefficient (Wildman–Crippen LogP) is 11.3. The highest BCUT2D eigenvalue weighted by Gasteiger charge is 2.28. The molecule has 0 saturated heterocycles. The molecule has 4 atom stereocenters. The van der Waals surface area contributed by atoms with Gasteiger partial charge >= 0.3 is 0 Å². The van der Waals surface area contributed by atoms with Gasteiger partial charge in [0.25, 0.3) is 0 Å². The minimum Gasteiger partial charge on any atom is -0.394 e. The molecule has 51 heavy (non-hydrogen) atoms. The summed E-state index contributed by atoms with van der Waals surface area (Å²) in [5, 5.41) is 43.5. The second-order valence-electron chi connectivity index (χ2n) is 15.0. The molecule has 0 aliphatic heterocycles. The lowest BCUT2D eigenvalue weighted by atomic mass is 10.00. The molecule has 0 heterocycles. The van der Waals surface area contributed by atoms with Gasteiger partial charge < -0.3 is 25.7 Å². The summed E-state index contributed by atoms with van der Waals surface area (Å²) in [7, 11) is 0. The molecule has 300 valence electrons. The van der Waals surface area contributed by atoms with E-state index >= 15 is 0 Å². The largest absolute Gasteiger partial charge is 0.394 e. The highest BCUT2D eigenvalue weighted by Crippen LogP contribution is 2.15. The lowest BCUT2D eigenvalue weighted by Crippen LogP contribution is -2.53. The lowest BCUT2D eigenvalue weighted by molar-refractivity contribution is -0.132. The van der Waals surface area contributed by atoms with Crippen LogP contribution in [0.5, 0.6) is 0 Å². The zero-order valence-corrected chi connectivity index (χ0v) is 33.6. The summed E-state index contributed by atoms with van der Waals surface area (Å²) in [4.78, 5) is 12.5. The third-order valence-corrected chi connectivity index (χ3v) is 10.1. The van der Waals surface area contributed by atoms with Crippen molar-refractivity contribution in [2.24, 2.45) is 0 Å². The van der Waals surface area contributed by atoms with E-state index in [0.717, 1.165) is 44.9 Å². The molecule has 5 N–H and O–H groups in total. The molecule has 6 heteroatoms. The number of aliphatic hydroxyl groups is 4. The van der Waals surface area contributed by atoms with E-state index in [1.165, 1.54) is 135 Å². The number of carbonyl (C=O) groups is 1. The summed E-state index contributed by atoms with van der Waals surface area (Å²) in [5.74, 6) is -0.602. The Kier molecular flexibility index (Phi) is 38.6. The van der Waals surface area contributed by atoms with E-state index in [4.69, 9.17) is 0 Å². The molecule has 0 fully saturated rings. The molecule has 4 unspecified atom stereocenters. The van der Waals surface area contributed by atoms with Gasteiger partial charge in [-0.3, -0.25) is 4.79 Å². The summed E-state index contributed by atoms with van der Waals surface area (Å²) in [5.41, 5.74) is 0. The van der Waals surface area contributed by atoms with Crippen molar-refractivity contribution in [3.05, 3.63) is 36.5 Å². The summed E-state index contributed by atoms with van der Waals surface area (Å²) in [6.07, 6.45) is 46.2. The average Bonchev–Trinajstić information content (AvgIpc) is 3.13. The van der Waals surface area contributed by atoms with E-state index in [0.29, 0.717) is 19.3 Å². The maximum Gasteiger partial charge on any atom is 0.249 e. The van der Waals surface area contributed by atoms with Gasteiger partial charge in [0, 0.05) is 0 Å². The van der Waals surface area contributed by atoms with E-state index in [9.17, 15) is 25.2 Å². The smallest absolute Gasteiger partial charge is 0.249 e. The third kappa shape index (κ3) is 34.1. The molecular formula is C45H85NO5. The first kappa shape index (κ1) is 49.5. The quantitative estimate of drug-likeness (QED) is 0.0321. The van der Waals surface area contributed by atoms with Crippen LogP contribution in [0.1, 0.15) is 213 Å². The molecule has 0 saturated carbocycles. The van der Waals surface area contributed by atoms with Crippen LogP contribution in [0.15, 0.2) is 36.5 Å². The van der Waals surface area contributed by atoms with Gasteiger partial charge in [-0.25, -0.2) is 0 Å². The molecule has 1 amide bonds. The van der Waals surface area contributed by atoms with Gasteiger partial charge in [-0.1, -0.05) is 179 Å². The fourth-order valence-corrected chi connectivity index (χ4v) is 6.52. The topological polar surface area (TPSA) is 110 Å². The normalized spacial score (nSPS) is 14.5. The van der Waals surface area contributed by atoms with Gasteiger partial charge in [-0.05, 0) is 70.6 Å². The Morgan fingerprint density at radius 3 is 1.29 bits per heavy atom. The van der Waals surface area contributed by atoms with Gasteiger partial charge in [-0.15, -0.1) is 0 Å². The number of carbonyl (C=O) groups excluding carboxylic acids is 1. The first-order valence-electron chi connectivity index (χ1n) is 21.9. The molecule has 0 aliphatic rings. The molecule has 0 aromatic heterocycles. The van der Waals surface area contributed by atoms with Crippen LogP contribution in [0, 0.1) is 0 Å². The number of hydrogen-bond donors (Lipinski definition) is 5. The standard InChI is InChI=1S/C45H85NO5/c1-3-5-7-9-11-13-15-16-17-18-19-20-21-22-23-24-25-26-27-29-31-33-35-37-39-43(49)45(51)46-41(40-47)44(50)42(48)38-36-34-32-30-28-14-12-10-8-6-4-2/h10,12,22-23,30,32,41-44,47-50H,3-9,11,13-21,24-29,31,33-40H2,1-2H3,(H,46,51)/b12-10+,23-22-,32-30+. The van der Waals surface area contributed by atoms with Gasteiger partial charge in [0.2, 0.25) is 5.91 Å². The Morgan fingerprint density at radius 1 is 0.471 bits per heavy atom. The van der Waals surface area contributed by atoms with E-state index < -0.39 is 36.9 Å². The second kappa shape index (κ2) is 39.7. The molecule has 0 spiro atoms. The number of allylic oxidation sites excluding steroid dienone is 6. The Labute approximate surface area is 316 Å². The van der Waals surface area contributed by atoms with E-state index in [1.807, 2.05) is 0 Å². The maximum atomic E-state index is 12.5. The van der Waals surface area contributed by atoms with Crippen LogP contribution in [0.25, 0.3) is 0 Å². The van der Waals surface area contributed by atoms with Crippen molar-refractivity contribution in [3.8, 4) is 0 Å². The van der Waals surface area contributed by atoms with Crippen molar-refractivity contribution in [1.82, 2.24) is 5.32 Å². The van der Waals surface area contributed by atoms with E-state index in [-0.39, 0.29) is 0 Å². The van der Waals surface area contributed by atoms with Crippen LogP contribution in [0.2, 0.25) is 0 Å². The molecule has 0 aromatic carbocycles. The fourth-order valence-electron chi connectivity index (χ4n) is 6.52. The minimum atomic E-state index is -1.29. The highest BCUT2D eigenvalue weighted by molar-refractivity contribution is 5.80. The third-order valence-electron chi connectivity index (χ3n) is 10.1.